The zero-order valence-corrected chi connectivity index (χ0v) is 15.5. The molecule has 1 N–H and O–H groups in total. The van der Waals surface area contributed by atoms with Crippen molar-refractivity contribution in [3.05, 3.63) is 41.5 Å². The average molecular weight is 354 g/mol. The molecule has 0 unspecified atom stereocenters. The van der Waals surface area contributed by atoms with E-state index in [0.29, 0.717) is 11.7 Å². The van der Waals surface area contributed by atoms with Gasteiger partial charge in [0.2, 0.25) is 11.8 Å². The molecule has 1 saturated carbocycles. The van der Waals surface area contributed by atoms with Gasteiger partial charge in [0.15, 0.2) is 5.82 Å². The number of nitrogens with zero attached hydrogens (tertiary/aromatic N) is 3. The summed E-state index contributed by atoms with van der Waals surface area (Å²) in [7, 11) is 0. The highest BCUT2D eigenvalue weighted by Gasteiger charge is 2.41. The summed E-state index contributed by atoms with van der Waals surface area (Å²) in [6, 6.07) is 8.37. The first-order valence-electron chi connectivity index (χ1n) is 9.61. The number of fused-ring (bicyclic) bond motifs is 1. The molecule has 0 spiro atoms. The Morgan fingerprint density at radius 3 is 2.85 bits per heavy atom. The SMILES string of the molecule is CCc1nc(C2(NCC(=O)N3c4ccccc4C[C@@H]3C)CCCC2)no1. The lowest BCUT2D eigenvalue weighted by Crippen LogP contribution is -2.48. The van der Waals surface area contributed by atoms with E-state index in [1.54, 1.807) is 0 Å². The Bertz CT molecular complexity index is 795. The van der Waals surface area contributed by atoms with Crippen molar-refractivity contribution in [3.63, 3.8) is 0 Å². The highest BCUT2D eigenvalue weighted by molar-refractivity contribution is 5.97. The number of para-hydroxylation sites is 1. The molecule has 1 fully saturated rings. The normalized spacial score (nSPS) is 21.2. The monoisotopic (exact) mass is 354 g/mol. The third-order valence-electron chi connectivity index (χ3n) is 5.71. The molecule has 1 atom stereocenters. The van der Waals surface area contributed by atoms with E-state index in [1.165, 1.54) is 5.56 Å². The van der Waals surface area contributed by atoms with Gasteiger partial charge in [-0.25, -0.2) is 0 Å². The zero-order valence-electron chi connectivity index (χ0n) is 15.5. The summed E-state index contributed by atoms with van der Waals surface area (Å²) in [6.45, 7) is 4.40. The van der Waals surface area contributed by atoms with Crippen molar-refractivity contribution < 1.29 is 9.32 Å². The van der Waals surface area contributed by atoms with Crippen LogP contribution < -0.4 is 10.2 Å². The van der Waals surface area contributed by atoms with Gasteiger partial charge >= 0.3 is 0 Å². The van der Waals surface area contributed by atoms with Crippen LogP contribution in [0.25, 0.3) is 0 Å². The van der Waals surface area contributed by atoms with E-state index in [2.05, 4.69) is 28.4 Å². The number of hydrogen-bond acceptors (Lipinski definition) is 5. The zero-order chi connectivity index (χ0) is 18.1. The third kappa shape index (κ3) is 2.92. The molecule has 6 heteroatoms. The van der Waals surface area contributed by atoms with Crippen LogP contribution in [0.3, 0.4) is 0 Å². The highest BCUT2D eigenvalue weighted by atomic mass is 16.5. The van der Waals surface area contributed by atoms with Gasteiger partial charge in [0, 0.05) is 18.2 Å². The van der Waals surface area contributed by atoms with E-state index >= 15 is 0 Å². The Kier molecular flexibility index (Phi) is 4.53. The second kappa shape index (κ2) is 6.83. The van der Waals surface area contributed by atoms with Gasteiger partial charge in [0.25, 0.3) is 0 Å². The minimum absolute atomic E-state index is 0.105. The van der Waals surface area contributed by atoms with Crippen LogP contribution >= 0.6 is 0 Å². The number of aromatic nitrogens is 2. The van der Waals surface area contributed by atoms with Gasteiger partial charge in [-0.2, -0.15) is 4.98 Å². The lowest BCUT2D eigenvalue weighted by Gasteiger charge is -2.29. The van der Waals surface area contributed by atoms with E-state index in [-0.39, 0.29) is 24.0 Å². The van der Waals surface area contributed by atoms with Gasteiger partial charge in [0.1, 0.15) is 0 Å². The van der Waals surface area contributed by atoms with Gasteiger partial charge in [-0.1, -0.05) is 43.1 Å². The van der Waals surface area contributed by atoms with Crippen molar-refractivity contribution >= 4 is 11.6 Å². The van der Waals surface area contributed by atoms with Gasteiger partial charge in [-0.05, 0) is 37.8 Å². The molecule has 1 aliphatic heterocycles. The fourth-order valence-electron chi connectivity index (χ4n) is 4.33. The lowest BCUT2D eigenvalue weighted by molar-refractivity contribution is -0.118. The van der Waals surface area contributed by atoms with Crippen LogP contribution in [0.5, 0.6) is 0 Å². The van der Waals surface area contributed by atoms with E-state index in [4.69, 9.17) is 4.52 Å². The second-order valence-corrected chi connectivity index (χ2v) is 7.45. The predicted molar refractivity (Wildman–Crippen MR) is 98.9 cm³/mol. The molecule has 0 saturated heterocycles. The van der Waals surface area contributed by atoms with E-state index in [0.717, 1.165) is 44.2 Å². The van der Waals surface area contributed by atoms with Crippen LogP contribution in [0.15, 0.2) is 28.8 Å². The van der Waals surface area contributed by atoms with Crippen LogP contribution in [0.4, 0.5) is 5.69 Å². The standard InChI is InChI=1S/C20H26N4O2/c1-3-17-22-19(23-26-17)20(10-6-7-11-20)21-13-18(25)24-14(2)12-15-8-4-5-9-16(15)24/h4-5,8-9,14,21H,3,6-7,10-13H2,1-2H3/t14-/m0/s1. The van der Waals surface area contributed by atoms with Gasteiger partial charge in [0.05, 0.1) is 12.1 Å². The highest BCUT2D eigenvalue weighted by Crippen LogP contribution is 2.37. The first kappa shape index (κ1) is 17.2. The Morgan fingerprint density at radius 1 is 1.35 bits per heavy atom. The summed E-state index contributed by atoms with van der Waals surface area (Å²) in [4.78, 5) is 19.5. The Labute approximate surface area is 154 Å². The minimum atomic E-state index is -0.338. The summed E-state index contributed by atoms with van der Waals surface area (Å²) < 4.78 is 5.32. The molecule has 1 aromatic carbocycles. The molecule has 26 heavy (non-hydrogen) atoms. The van der Waals surface area contributed by atoms with Crippen molar-refractivity contribution in [2.45, 2.75) is 64.0 Å². The Hall–Kier alpha value is -2.21. The quantitative estimate of drug-likeness (QED) is 0.894. The molecule has 6 nitrogen and oxygen atoms in total. The number of hydrogen-bond donors (Lipinski definition) is 1. The first-order chi connectivity index (χ1) is 12.6. The molecule has 0 radical (unpaired) electrons. The van der Waals surface area contributed by atoms with Crippen LogP contribution in [-0.2, 0) is 23.2 Å². The number of nitrogens with one attached hydrogen (secondary N) is 1. The van der Waals surface area contributed by atoms with Crippen LogP contribution in [0.2, 0.25) is 0 Å². The van der Waals surface area contributed by atoms with Crippen molar-refractivity contribution in [2.24, 2.45) is 0 Å². The molecular weight excluding hydrogens is 328 g/mol. The fraction of sp³-hybridized carbons (Fsp3) is 0.550. The Morgan fingerprint density at radius 2 is 2.12 bits per heavy atom. The molecule has 2 aliphatic rings. The van der Waals surface area contributed by atoms with E-state index < -0.39 is 0 Å². The molecule has 2 aromatic rings. The summed E-state index contributed by atoms with van der Waals surface area (Å²) in [5.41, 5.74) is 1.95. The molecule has 1 aliphatic carbocycles. The van der Waals surface area contributed by atoms with Crippen molar-refractivity contribution in [2.75, 3.05) is 11.4 Å². The topological polar surface area (TPSA) is 71.3 Å². The average Bonchev–Trinajstić information content (AvgIpc) is 3.37. The number of anilines is 1. The largest absolute Gasteiger partial charge is 0.339 e. The molecule has 1 aromatic heterocycles. The van der Waals surface area contributed by atoms with Crippen molar-refractivity contribution in [1.29, 1.82) is 0 Å². The number of carbonyl (C=O) groups excluding carboxylic acids is 1. The number of aryl methyl sites for hydroxylation is 1. The molecular formula is C20H26N4O2. The van der Waals surface area contributed by atoms with Gasteiger partial charge < -0.3 is 9.42 Å². The first-order valence-corrected chi connectivity index (χ1v) is 9.61. The summed E-state index contributed by atoms with van der Waals surface area (Å²) >= 11 is 0. The van der Waals surface area contributed by atoms with E-state index in [1.807, 2.05) is 30.0 Å². The summed E-state index contributed by atoms with van der Waals surface area (Å²) in [5.74, 6) is 1.46. The molecule has 4 rings (SSSR count). The molecule has 138 valence electrons. The fourth-order valence-corrected chi connectivity index (χ4v) is 4.33. The van der Waals surface area contributed by atoms with Crippen molar-refractivity contribution in [3.8, 4) is 0 Å². The number of benzene rings is 1. The predicted octanol–water partition coefficient (Wildman–Crippen LogP) is 2.97. The molecule has 0 bridgehead atoms. The van der Waals surface area contributed by atoms with Crippen molar-refractivity contribution in [1.82, 2.24) is 15.5 Å². The smallest absolute Gasteiger partial charge is 0.241 e. The summed E-state index contributed by atoms with van der Waals surface area (Å²) in [6.07, 6.45) is 5.74. The number of amides is 1. The number of rotatable bonds is 5. The van der Waals surface area contributed by atoms with Gasteiger partial charge in [-0.3, -0.25) is 10.1 Å². The number of carbonyl (C=O) groups is 1. The molecule has 1 amide bonds. The lowest BCUT2D eigenvalue weighted by atomic mass is 9.96. The third-order valence-corrected chi connectivity index (χ3v) is 5.71. The maximum atomic E-state index is 13.0. The minimum Gasteiger partial charge on any atom is -0.339 e. The Balaban J connectivity index is 1.51. The van der Waals surface area contributed by atoms with Crippen LogP contribution in [-0.4, -0.2) is 28.6 Å². The second-order valence-electron chi connectivity index (χ2n) is 7.45. The summed E-state index contributed by atoms with van der Waals surface area (Å²) in [5, 5.41) is 7.69. The van der Waals surface area contributed by atoms with Crippen LogP contribution in [0, 0.1) is 0 Å². The van der Waals surface area contributed by atoms with Crippen LogP contribution in [0.1, 0.15) is 56.8 Å². The van der Waals surface area contributed by atoms with Gasteiger partial charge in [-0.15, -0.1) is 0 Å². The van der Waals surface area contributed by atoms with E-state index in [9.17, 15) is 4.79 Å². The maximum Gasteiger partial charge on any atom is 0.241 e. The molecule has 2 heterocycles. The maximum absolute atomic E-state index is 13.0.